The second-order valence-corrected chi connectivity index (χ2v) is 7.25. The van der Waals surface area contributed by atoms with Crippen LogP contribution in [0.3, 0.4) is 0 Å². The van der Waals surface area contributed by atoms with Crippen molar-refractivity contribution < 1.29 is 4.79 Å². The van der Waals surface area contributed by atoms with E-state index in [0.717, 1.165) is 24.8 Å². The van der Waals surface area contributed by atoms with Gasteiger partial charge in [0.25, 0.3) is 0 Å². The van der Waals surface area contributed by atoms with E-state index in [9.17, 15) is 4.79 Å². The molecule has 2 aromatic rings. The zero-order valence-corrected chi connectivity index (χ0v) is 15.5. The second kappa shape index (κ2) is 7.75. The van der Waals surface area contributed by atoms with Gasteiger partial charge in [-0.15, -0.1) is 6.58 Å². The molecule has 0 radical (unpaired) electrons. The summed E-state index contributed by atoms with van der Waals surface area (Å²) >= 11 is 0. The minimum atomic E-state index is 0.233. The Morgan fingerprint density at radius 1 is 1.11 bits per heavy atom. The van der Waals surface area contributed by atoms with Crippen molar-refractivity contribution in [3.63, 3.8) is 0 Å². The van der Waals surface area contributed by atoms with Gasteiger partial charge in [0.2, 0.25) is 0 Å². The van der Waals surface area contributed by atoms with Gasteiger partial charge in [-0.3, -0.25) is 4.79 Å². The van der Waals surface area contributed by atoms with Crippen LogP contribution in [0.25, 0.3) is 11.6 Å². The smallest absolute Gasteiger partial charge is 0.163 e. The lowest BCUT2D eigenvalue weighted by molar-refractivity contribution is 0.0982. The zero-order valence-electron chi connectivity index (χ0n) is 15.5. The molecule has 0 N–H and O–H groups in total. The SMILES string of the molecule is C=CCC1C(CCC(=O)c2ccc3c(c2)CC=C3)=CC=C1c1ccccc1. The molecule has 0 amide bonds. The summed E-state index contributed by atoms with van der Waals surface area (Å²) < 4.78 is 0. The first-order valence-corrected chi connectivity index (χ1v) is 9.66. The van der Waals surface area contributed by atoms with E-state index in [1.165, 1.54) is 27.8 Å². The number of fused-ring (bicyclic) bond motifs is 1. The van der Waals surface area contributed by atoms with Crippen LogP contribution >= 0.6 is 0 Å². The third-order valence-electron chi connectivity index (χ3n) is 5.55. The predicted molar refractivity (Wildman–Crippen MR) is 114 cm³/mol. The Morgan fingerprint density at radius 3 is 2.78 bits per heavy atom. The number of hydrogen-bond donors (Lipinski definition) is 0. The van der Waals surface area contributed by atoms with Crippen molar-refractivity contribution in [2.75, 3.05) is 0 Å². The Balaban J connectivity index is 1.43. The highest BCUT2D eigenvalue weighted by molar-refractivity contribution is 5.97. The minimum absolute atomic E-state index is 0.233. The van der Waals surface area contributed by atoms with E-state index in [4.69, 9.17) is 0 Å². The van der Waals surface area contributed by atoms with Crippen LogP contribution in [0.2, 0.25) is 0 Å². The minimum Gasteiger partial charge on any atom is -0.294 e. The molecule has 0 spiro atoms. The van der Waals surface area contributed by atoms with E-state index >= 15 is 0 Å². The summed E-state index contributed by atoms with van der Waals surface area (Å²) in [6.45, 7) is 3.94. The fourth-order valence-electron chi connectivity index (χ4n) is 4.09. The Hall–Kier alpha value is -2.93. The molecule has 4 rings (SSSR count). The Bertz CT molecular complexity index is 957. The van der Waals surface area contributed by atoms with Gasteiger partial charge in [0.05, 0.1) is 0 Å². The van der Waals surface area contributed by atoms with Gasteiger partial charge in [0, 0.05) is 17.9 Å². The monoisotopic (exact) mass is 352 g/mol. The lowest BCUT2D eigenvalue weighted by atomic mass is 9.85. The third kappa shape index (κ3) is 3.64. The number of benzene rings is 2. The topological polar surface area (TPSA) is 17.1 Å². The highest BCUT2D eigenvalue weighted by Crippen LogP contribution is 2.39. The average Bonchev–Trinajstić information content (AvgIpc) is 3.33. The first-order chi connectivity index (χ1) is 13.3. The van der Waals surface area contributed by atoms with Gasteiger partial charge in [0.15, 0.2) is 5.78 Å². The predicted octanol–water partition coefficient (Wildman–Crippen LogP) is 6.43. The molecule has 27 heavy (non-hydrogen) atoms. The number of carbonyl (C=O) groups excluding carboxylic acids is 1. The van der Waals surface area contributed by atoms with E-state index in [2.05, 4.69) is 67.3 Å². The van der Waals surface area contributed by atoms with Crippen LogP contribution in [-0.4, -0.2) is 5.78 Å². The van der Waals surface area contributed by atoms with Crippen LogP contribution < -0.4 is 0 Å². The summed E-state index contributed by atoms with van der Waals surface area (Å²) in [5.41, 5.74) is 7.28. The highest BCUT2D eigenvalue weighted by Gasteiger charge is 2.23. The molecular weight excluding hydrogens is 328 g/mol. The van der Waals surface area contributed by atoms with Gasteiger partial charge in [-0.2, -0.15) is 0 Å². The van der Waals surface area contributed by atoms with Gasteiger partial charge in [-0.25, -0.2) is 0 Å². The first-order valence-electron chi connectivity index (χ1n) is 9.66. The standard InChI is InChI=1S/C26H24O/c1-2-7-24-21(14-16-25(24)20-8-4-3-5-9-20)15-17-26(27)23-13-12-19-10-6-11-22(19)18-23/h2-6,8-10,12-14,16,18,24H,1,7,11,15,17H2. The number of ketones is 1. The van der Waals surface area contributed by atoms with Crippen LogP contribution in [-0.2, 0) is 6.42 Å². The van der Waals surface area contributed by atoms with Crippen molar-refractivity contribution in [1.29, 1.82) is 0 Å². The van der Waals surface area contributed by atoms with Crippen molar-refractivity contribution in [2.24, 2.45) is 5.92 Å². The van der Waals surface area contributed by atoms with E-state index in [1.807, 2.05) is 18.2 Å². The number of Topliss-reactive ketones (excluding diaryl/α,β-unsaturated/α-hetero) is 1. The maximum absolute atomic E-state index is 12.7. The van der Waals surface area contributed by atoms with Crippen molar-refractivity contribution >= 4 is 17.4 Å². The Labute approximate surface area is 161 Å². The molecule has 0 saturated heterocycles. The molecule has 1 heteroatoms. The fourth-order valence-corrected chi connectivity index (χ4v) is 4.09. The number of carbonyl (C=O) groups is 1. The van der Waals surface area contributed by atoms with Gasteiger partial charge < -0.3 is 0 Å². The Kier molecular flexibility index (Phi) is 5.02. The molecule has 1 nitrogen and oxygen atoms in total. The summed E-state index contributed by atoms with van der Waals surface area (Å²) in [5, 5.41) is 0. The molecule has 2 aromatic carbocycles. The van der Waals surface area contributed by atoms with Gasteiger partial charge in [-0.1, -0.05) is 78.4 Å². The van der Waals surface area contributed by atoms with Crippen LogP contribution in [0.5, 0.6) is 0 Å². The van der Waals surface area contributed by atoms with Crippen LogP contribution in [0, 0.1) is 5.92 Å². The molecule has 0 heterocycles. The summed E-state index contributed by atoms with van der Waals surface area (Å²) in [5.74, 6) is 0.568. The summed E-state index contributed by atoms with van der Waals surface area (Å²) in [6.07, 6.45) is 13.9. The van der Waals surface area contributed by atoms with E-state index in [-0.39, 0.29) is 5.78 Å². The normalized spacial score (nSPS) is 17.4. The second-order valence-electron chi connectivity index (χ2n) is 7.25. The molecular formula is C26H24O. The highest BCUT2D eigenvalue weighted by atomic mass is 16.1. The molecule has 0 aromatic heterocycles. The lowest BCUT2D eigenvalue weighted by Crippen LogP contribution is -2.06. The summed E-state index contributed by atoms with van der Waals surface area (Å²) in [6, 6.07) is 16.6. The molecule has 0 bridgehead atoms. The molecule has 0 fully saturated rings. The maximum Gasteiger partial charge on any atom is 0.163 e. The van der Waals surface area contributed by atoms with E-state index in [0.29, 0.717) is 12.3 Å². The molecule has 2 aliphatic carbocycles. The number of rotatable bonds is 7. The van der Waals surface area contributed by atoms with Crippen molar-refractivity contribution in [3.8, 4) is 0 Å². The number of allylic oxidation sites excluding steroid dienone is 6. The van der Waals surface area contributed by atoms with Crippen LogP contribution in [0.1, 0.15) is 46.3 Å². The summed E-state index contributed by atoms with van der Waals surface area (Å²) in [4.78, 5) is 12.7. The van der Waals surface area contributed by atoms with Gasteiger partial charge >= 0.3 is 0 Å². The van der Waals surface area contributed by atoms with Crippen molar-refractivity contribution in [1.82, 2.24) is 0 Å². The van der Waals surface area contributed by atoms with Gasteiger partial charge in [0.1, 0.15) is 0 Å². The first kappa shape index (κ1) is 17.5. The average molecular weight is 352 g/mol. The third-order valence-corrected chi connectivity index (χ3v) is 5.55. The van der Waals surface area contributed by atoms with Crippen molar-refractivity contribution in [3.05, 3.63) is 107 Å². The fraction of sp³-hybridized carbons (Fsp3) is 0.192. The van der Waals surface area contributed by atoms with Crippen LogP contribution in [0.4, 0.5) is 0 Å². The Morgan fingerprint density at radius 2 is 1.96 bits per heavy atom. The lowest BCUT2D eigenvalue weighted by Gasteiger charge is -2.18. The van der Waals surface area contributed by atoms with Crippen LogP contribution in [0.15, 0.2) is 85.0 Å². The van der Waals surface area contributed by atoms with E-state index < -0.39 is 0 Å². The molecule has 1 atom stereocenters. The largest absolute Gasteiger partial charge is 0.294 e. The quantitative estimate of drug-likeness (QED) is 0.414. The number of hydrogen-bond acceptors (Lipinski definition) is 1. The summed E-state index contributed by atoms with van der Waals surface area (Å²) in [7, 11) is 0. The molecule has 134 valence electrons. The molecule has 1 unspecified atom stereocenters. The maximum atomic E-state index is 12.7. The molecule has 0 aliphatic heterocycles. The van der Waals surface area contributed by atoms with Crippen molar-refractivity contribution in [2.45, 2.75) is 25.7 Å². The van der Waals surface area contributed by atoms with E-state index in [1.54, 1.807) is 0 Å². The molecule has 0 saturated carbocycles. The van der Waals surface area contributed by atoms with Gasteiger partial charge in [-0.05, 0) is 47.6 Å². The molecule has 2 aliphatic rings. The zero-order chi connectivity index (χ0) is 18.6.